The molecule has 28 heavy (non-hydrogen) atoms. The lowest BCUT2D eigenvalue weighted by atomic mass is 10.1. The molecule has 146 valence electrons. The summed E-state index contributed by atoms with van der Waals surface area (Å²) in [5, 5.41) is 0. The number of hydrogen-bond donors (Lipinski definition) is 1. The van der Waals surface area contributed by atoms with Crippen LogP contribution in [0.4, 0.5) is 13.2 Å². The molecule has 1 aromatic carbocycles. The molecule has 1 aliphatic carbocycles. The summed E-state index contributed by atoms with van der Waals surface area (Å²) in [7, 11) is 0. The number of nitrogens with zero attached hydrogens (tertiary/aromatic N) is 2. The highest BCUT2D eigenvalue weighted by Gasteiger charge is 2.41. The summed E-state index contributed by atoms with van der Waals surface area (Å²) in [6, 6.07) is 11.5. The third kappa shape index (κ3) is 4.44. The Bertz CT molecular complexity index is 885. The molecule has 3 nitrogen and oxygen atoms in total. The molecule has 4 rings (SSSR count). The van der Waals surface area contributed by atoms with Gasteiger partial charge in [-0.05, 0) is 37.1 Å². The molecule has 0 saturated heterocycles. The van der Waals surface area contributed by atoms with E-state index in [0.29, 0.717) is 5.69 Å². The van der Waals surface area contributed by atoms with Crippen LogP contribution in [-0.4, -0.2) is 22.1 Å². The van der Waals surface area contributed by atoms with Gasteiger partial charge in [0.2, 0.25) is 0 Å². The van der Waals surface area contributed by atoms with E-state index in [1.165, 1.54) is 22.2 Å². The van der Waals surface area contributed by atoms with Gasteiger partial charge >= 0.3 is 6.18 Å². The van der Waals surface area contributed by atoms with Crippen LogP contribution in [-0.2, 0) is 6.42 Å². The van der Waals surface area contributed by atoms with Gasteiger partial charge in [-0.3, -0.25) is 4.98 Å². The van der Waals surface area contributed by atoms with Gasteiger partial charge in [0.25, 0.3) is 0 Å². The number of hydrogen-bond acceptors (Lipinski definition) is 3. The first kappa shape index (κ1) is 19.7. The first-order valence-electron chi connectivity index (χ1n) is 9.02. The zero-order valence-electron chi connectivity index (χ0n) is 15.5. The lowest BCUT2D eigenvalue weighted by molar-refractivity contribution is -0.175. The highest BCUT2D eigenvalue weighted by molar-refractivity contribution is 5.70. The van der Waals surface area contributed by atoms with Crippen molar-refractivity contribution in [1.29, 1.82) is 0 Å². The molecule has 1 aliphatic heterocycles. The second-order valence-corrected chi connectivity index (χ2v) is 6.61. The lowest BCUT2D eigenvalue weighted by Gasteiger charge is -2.36. The maximum Gasteiger partial charge on any atom is 0.408 e. The molecule has 2 atom stereocenters. The zero-order chi connectivity index (χ0) is 20.1. The summed E-state index contributed by atoms with van der Waals surface area (Å²) < 4.78 is 38.4. The van der Waals surface area contributed by atoms with Crippen LogP contribution in [0.1, 0.15) is 29.8 Å². The van der Waals surface area contributed by atoms with E-state index in [9.17, 15) is 13.2 Å². The first-order valence-corrected chi connectivity index (χ1v) is 9.02. The Labute approximate surface area is 162 Å². The zero-order valence-corrected chi connectivity index (χ0v) is 15.5. The molecule has 0 amide bonds. The summed E-state index contributed by atoms with van der Waals surface area (Å²) in [5.74, 6) is 0. The molecule has 6 heteroatoms. The van der Waals surface area contributed by atoms with Crippen LogP contribution in [0.5, 0.6) is 0 Å². The lowest BCUT2D eigenvalue weighted by Crippen LogP contribution is -2.42. The maximum absolute atomic E-state index is 12.8. The van der Waals surface area contributed by atoms with Crippen LogP contribution >= 0.6 is 0 Å². The number of alkyl halides is 3. The molecule has 2 N–H and O–H groups in total. The van der Waals surface area contributed by atoms with Gasteiger partial charge in [0.05, 0.1) is 11.7 Å². The number of halogens is 3. The van der Waals surface area contributed by atoms with E-state index in [1.54, 1.807) is 42.6 Å². The monoisotopic (exact) mass is 385 g/mol. The van der Waals surface area contributed by atoms with E-state index in [1.807, 2.05) is 12.1 Å². The van der Waals surface area contributed by atoms with Crippen molar-refractivity contribution in [2.24, 2.45) is 5.73 Å². The minimum atomic E-state index is -4.26. The number of pyridine rings is 1. The van der Waals surface area contributed by atoms with E-state index in [-0.39, 0.29) is 0 Å². The fraction of sp³-hybridized carbons (Fsp3) is 0.227. The third-order valence-electron chi connectivity index (χ3n) is 4.77. The Morgan fingerprint density at radius 2 is 1.86 bits per heavy atom. The number of nitrogens with two attached hydrogens (primary N) is 1. The van der Waals surface area contributed by atoms with E-state index < -0.39 is 18.3 Å². The predicted octanol–water partition coefficient (Wildman–Crippen LogP) is 5.00. The van der Waals surface area contributed by atoms with Crippen LogP contribution in [0.25, 0.3) is 5.70 Å². The Morgan fingerprint density at radius 1 is 1.11 bits per heavy atom. The molecular weight excluding hydrogens is 363 g/mol. The number of rotatable bonds is 2. The topological polar surface area (TPSA) is 42.2 Å². The summed E-state index contributed by atoms with van der Waals surface area (Å²) in [6.07, 6.45) is 6.88. The molecule has 1 unspecified atom stereocenters. The van der Waals surface area contributed by atoms with Gasteiger partial charge in [-0.25, -0.2) is 0 Å². The van der Waals surface area contributed by atoms with E-state index in [2.05, 4.69) is 23.2 Å². The van der Waals surface area contributed by atoms with Gasteiger partial charge in [-0.1, -0.05) is 48.6 Å². The smallest absolute Gasteiger partial charge is 0.398 e. The third-order valence-corrected chi connectivity index (χ3v) is 4.77. The molecule has 2 heterocycles. The average molecular weight is 385 g/mol. The highest BCUT2D eigenvalue weighted by Crippen LogP contribution is 2.33. The van der Waals surface area contributed by atoms with Crippen molar-refractivity contribution < 1.29 is 13.2 Å². The molecule has 0 fully saturated rings. The van der Waals surface area contributed by atoms with E-state index in [0.717, 1.165) is 19.0 Å². The van der Waals surface area contributed by atoms with E-state index in [4.69, 9.17) is 5.73 Å². The van der Waals surface area contributed by atoms with Crippen LogP contribution in [0, 0.1) is 0 Å². The average Bonchev–Trinajstić information content (AvgIpc) is 3.09. The van der Waals surface area contributed by atoms with Crippen molar-refractivity contribution in [3.8, 4) is 0 Å². The van der Waals surface area contributed by atoms with Gasteiger partial charge < -0.3 is 10.6 Å². The van der Waals surface area contributed by atoms with Crippen molar-refractivity contribution in [2.75, 3.05) is 0 Å². The Hall–Kier alpha value is -3.02. The van der Waals surface area contributed by atoms with Gasteiger partial charge in [-0.2, -0.15) is 13.2 Å². The normalized spacial score (nSPS) is 18.8. The van der Waals surface area contributed by atoms with Crippen LogP contribution in [0.3, 0.4) is 0 Å². The van der Waals surface area contributed by atoms with Crippen LogP contribution < -0.4 is 5.73 Å². The van der Waals surface area contributed by atoms with Crippen molar-refractivity contribution >= 4 is 5.70 Å². The Morgan fingerprint density at radius 3 is 2.54 bits per heavy atom. The highest BCUT2D eigenvalue weighted by atomic mass is 19.4. The molecule has 0 bridgehead atoms. The summed E-state index contributed by atoms with van der Waals surface area (Å²) >= 11 is 0. The van der Waals surface area contributed by atoms with Crippen molar-refractivity contribution in [3.05, 3.63) is 96.0 Å². The van der Waals surface area contributed by atoms with E-state index >= 15 is 0 Å². The molecule has 0 radical (unpaired) electrons. The number of aromatic nitrogens is 1. The van der Waals surface area contributed by atoms with Gasteiger partial charge in [-0.15, -0.1) is 0 Å². The number of fused-ring (bicyclic) bond motifs is 1. The summed E-state index contributed by atoms with van der Waals surface area (Å²) in [6.45, 7) is 1.15. The molecular formula is C22H22F3N3. The molecule has 1 aromatic heterocycles. The minimum absolute atomic E-state index is 0.479. The fourth-order valence-electron chi connectivity index (χ4n) is 3.16. The number of allylic oxidation sites excluding steroid dienone is 3. The standard InChI is InChI=1S/C13H13F3N2.C9H9N/c1-10(13(14,15)16)18-9-5-3-7-12(18)11-6-2-4-8-17-11;10-9-6-5-7-3-1-2-4-8(7)9/h2-10,12H,1H3;1-4,6H,5,10H2/t10-,12?;/m0./s1. The largest absolute Gasteiger partial charge is 0.408 e. The van der Waals surface area contributed by atoms with Gasteiger partial charge in [0.1, 0.15) is 6.04 Å². The van der Waals surface area contributed by atoms with Crippen molar-refractivity contribution in [1.82, 2.24) is 9.88 Å². The SMILES string of the molecule is C[C@H](N1C=CC=CC1c1ccccn1)C(F)(F)F.NC1=CCc2ccccc21. The quantitative estimate of drug-likeness (QED) is 0.791. The van der Waals surface area contributed by atoms with Gasteiger partial charge in [0.15, 0.2) is 0 Å². The number of benzene rings is 1. The molecule has 0 saturated carbocycles. The Kier molecular flexibility index (Phi) is 5.87. The van der Waals surface area contributed by atoms with Crippen molar-refractivity contribution in [2.45, 2.75) is 31.6 Å². The summed E-state index contributed by atoms with van der Waals surface area (Å²) in [4.78, 5) is 5.39. The Balaban J connectivity index is 0.000000188. The molecule has 0 spiro atoms. The fourth-order valence-corrected chi connectivity index (χ4v) is 3.16. The van der Waals surface area contributed by atoms with Crippen molar-refractivity contribution in [3.63, 3.8) is 0 Å². The molecule has 2 aliphatic rings. The second kappa shape index (κ2) is 8.33. The second-order valence-electron chi connectivity index (χ2n) is 6.61. The minimum Gasteiger partial charge on any atom is -0.398 e. The first-order chi connectivity index (χ1) is 13.4. The molecule has 2 aromatic rings. The van der Waals surface area contributed by atoms with Crippen LogP contribution in [0.15, 0.2) is 79.2 Å². The maximum atomic E-state index is 12.8. The van der Waals surface area contributed by atoms with Gasteiger partial charge in [0, 0.05) is 23.7 Å². The predicted molar refractivity (Wildman–Crippen MR) is 105 cm³/mol. The summed E-state index contributed by atoms with van der Waals surface area (Å²) in [5.41, 5.74) is 9.80. The van der Waals surface area contributed by atoms with Crippen LogP contribution in [0.2, 0.25) is 0 Å².